The average molecular weight is 471 g/mol. The van der Waals surface area contributed by atoms with Crippen LogP contribution in [0.2, 0.25) is 0 Å². The zero-order valence-corrected chi connectivity index (χ0v) is 20.2. The number of carboxylic acid groups (broad SMARTS) is 1. The lowest BCUT2D eigenvalue weighted by atomic mass is 10.1. The van der Waals surface area contributed by atoms with Gasteiger partial charge in [0.15, 0.2) is 0 Å². The van der Waals surface area contributed by atoms with Gasteiger partial charge in [-0.05, 0) is 67.3 Å². The quantitative estimate of drug-likeness (QED) is 0.261. The number of carboxylic acids is 1. The first-order valence-electron chi connectivity index (χ1n) is 11.5. The van der Waals surface area contributed by atoms with E-state index in [0.29, 0.717) is 16.9 Å². The van der Waals surface area contributed by atoms with Crippen LogP contribution in [-0.2, 0) is 12.8 Å². The molecule has 0 spiro atoms. The van der Waals surface area contributed by atoms with Crippen molar-refractivity contribution >= 4 is 23.6 Å². The number of aromatic carboxylic acids is 1. The molecule has 0 bridgehead atoms. The standard InChI is InChI=1S/C20H19N3O3.C8H11N/c1-3-14-6-4-5-7-18(14)21-12-17-13(2)22-23(19(17)24)16-10-8-15(9-11-16)20(25)26;1-2-7-5-3-4-6-8(7)9/h4-12,22H,3H2,1-2H3,(H,25,26);3-6H,2,9H2,1H3. The van der Waals surface area contributed by atoms with Gasteiger partial charge >= 0.3 is 5.97 Å². The Balaban J connectivity index is 0.000000320. The number of nitrogens with zero attached hydrogens (tertiary/aromatic N) is 2. The Hall–Kier alpha value is -4.39. The van der Waals surface area contributed by atoms with Crippen LogP contribution in [0.15, 0.2) is 82.6 Å². The fraction of sp³-hybridized carbons (Fsp3) is 0.179. The average Bonchev–Trinajstić information content (AvgIpc) is 3.16. The number of aromatic amines is 1. The van der Waals surface area contributed by atoms with Crippen molar-refractivity contribution in [2.75, 3.05) is 5.73 Å². The summed E-state index contributed by atoms with van der Waals surface area (Å²) in [6.07, 6.45) is 3.46. The van der Waals surface area contributed by atoms with Gasteiger partial charge in [-0.2, -0.15) is 0 Å². The maximum Gasteiger partial charge on any atom is 0.335 e. The minimum absolute atomic E-state index is 0.169. The zero-order valence-electron chi connectivity index (χ0n) is 20.2. The molecule has 4 N–H and O–H groups in total. The first-order valence-corrected chi connectivity index (χ1v) is 11.5. The van der Waals surface area contributed by atoms with E-state index in [2.05, 4.69) is 30.0 Å². The van der Waals surface area contributed by atoms with Crippen molar-refractivity contribution in [3.05, 3.63) is 111 Å². The summed E-state index contributed by atoms with van der Waals surface area (Å²) in [6.45, 7) is 5.96. The summed E-state index contributed by atoms with van der Waals surface area (Å²) in [5.41, 5.74) is 11.4. The van der Waals surface area contributed by atoms with E-state index in [-0.39, 0.29) is 11.1 Å². The first-order chi connectivity index (χ1) is 16.8. The van der Waals surface area contributed by atoms with Crippen molar-refractivity contribution < 1.29 is 9.90 Å². The number of para-hydroxylation sites is 2. The largest absolute Gasteiger partial charge is 0.478 e. The van der Waals surface area contributed by atoms with Crippen LogP contribution in [0.5, 0.6) is 0 Å². The molecule has 180 valence electrons. The molecule has 3 aromatic carbocycles. The maximum absolute atomic E-state index is 12.7. The smallest absolute Gasteiger partial charge is 0.335 e. The van der Waals surface area contributed by atoms with Crippen molar-refractivity contribution in [3.8, 4) is 5.69 Å². The van der Waals surface area contributed by atoms with Crippen LogP contribution < -0.4 is 11.3 Å². The molecule has 0 saturated carbocycles. The molecule has 0 atom stereocenters. The molecule has 0 aliphatic rings. The zero-order chi connectivity index (χ0) is 25.4. The number of hydrogen-bond donors (Lipinski definition) is 3. The summed E-state index contributed by atoms with van der Waals surface area (Å²) >= 11 is 0. The molecule has 0 amide bonds. The van der Waals surface area contributed by atoms with Crippen LogP contribution in [0.3, 0.4) is 0 Å². The van der Waals surface area contributed by atoms with Gasteiger partial charge in [0.05, 0.1) is 22.5 Å². The van der Waals surface area contributed by atoms with Gasteiger partial charge in [-0.25, -0.2) is 9.48 Å². The van der Waals surface area contributed by atoms with E-state index in [9.17, 15) is 9.59 Å². The van der Waals surface area contributed by atoms with Crippen molar-refractivity contribution in [2.45, 2.75) is 33.6 Å². The molecule has 0 saturated heterocycles. The number of aliphatic imine (C=N–C) groups is 1. The number of aromatic nitrogens is 2. The third-order valence-corrected chi connectivity index (χ3v) is 5.63. The van der Waals surface area contributed by atoms with Crippen LogP contribution in [0, 0.1) is 6.92 Å². The van der Waals surface area contributed by atoms with Gasteiger partial charge in [-0.1, -0.05) is 50.2 Å². The Kier molecular flexibility index (Phi) is 8.40. The third-order valence-electron chi connectivity index (χ3n) is 5.63. The predicted octanol–water partition coefficient (Wildman–Crippen LogP) is 5.32. The van der Waals surface area contributed by atoms with Crippen LogP contribution in [-0.4, -0.2) is 27.1 Å². The summed E-state index contributed by atoms with van der Waals surface area (Å²) in [5, 5.41) is 12.0. The number of nitrogen functional groups attached to an aromatic ring is 1. The Bertz CT molecular complexity index is 1380. The van der Waals surface area contributed by atoms with Gasteiger partial charge in [0.1, 0.15) is 0 Å². The van der Waals surface area contributed by atoms with Crippen molar-refractivity contribution in [3.63, 3.8) is 0 Å². The molecule has 0 aliphatic heterocycles. The normalized spacial score (nSPS) is 10.7. The van der Waals surface area contributed by atoms with Gasteiger partial charge in [-0.3, -0.25) is 14.9 Å². The van der Waals surface area contributed by atoms with Crippen LogP contribution in [0.1, 0.15) is 46.6 Å². The number of anilines is 1. The summed E-state index contributed by atoms with van der Waals surface area (Å²) in [7, 11) is 0. The second kappa shape index (κ2) is 11.7. The molecular weight excluding hydrogens is 440 g/mol. The van der Waals surface area contributed by atoms with E-state index in [1.807, 2.05) is 42.5 Å². The maximum atomic E-state index is 12.7. The number of carbonyl (C=O) groups is 1. The molecule has 7 nitrogen and oxygen atoms in total. The number of H-pyrrole nitrogens is 1. The highest BCUT2D eigenvalue weighted by molar-refractivity contribution is 5.87. The number of rotatable bonds is 6. The molecule has 0 radical (unpaired) electrons. The van der Waals surface area contributed by atoms with Crippen molar-refractivity contribution in [2.24, 2.45) is 4.99 Å². The van der Waals surface area contributed by atoms with Gasteiger partial charge in [0.2, 0.25) is 0 Å². The monoisotopic (exact) mass is 470 g/mol. The molecule has 7 heteroatoms. The van der Waals surface area contributed by atoms with E-state index >= 15 is 0 Å². The molecule has 35 heavy (non-hydrogen) atoms. The topological polar surface area (TPSA) is 113 Å². The second-order valence-corrected chi connectivity index (χ2v) is 7.94. The predicted molar refractivity (Wildman–Crippen MR) is 141 cm³/mol. The Morgan fingerprint density at radius 2 is 1.57 bits per heavy atom. The van der Waals surface area contributed by atoms with Crippen LogP contribution in [0.4, 0.5) is 11.4 Å². The SMILES string of the molecule is CCc1ccccc1N.CCc1ccccc1N=Cc1c(C)[nH]n(-c2ccc(C(=O)O)cc2)c1=O. The summed E-state index contributed by atoms with van der Waals surface area (Å²) in [6, 6.07) is 21.9. The van der Waals surface area contributed by atoms with Gasteiger partial charge < -0.3 is 10.8 Å². The number of nitrogens with one attached hydrogen (secondary N) is 1. The number of benzene rings is 3. The molecular formula is C28H30N4O3. The second-order valence-electron chi connectivity index (χ2n) is 7.94. The fourth-order valence-corrected chi connectivity index (χ4v) is 3.57. The highest BCUT2D eigenvalue weighted by Gasteiger charge is 2.12. The molecule has 4 aromatic rings. The number of hydrogen-bond acceptors (Lipinski definition) is 4. The Morgan fingerprint density at radius 3 is 2.14 bits per heavy atom. The number of aryl methyl sites for hydroxylation is 3. The summed E-state index contributed by atoms with van der Waals surface area (Å²) < 4.78 is 1.38. The minimum atomic E-state index is -1.01. The van der Waals surface area contributed by atoms with E-state index in [1.54, 1.807) is 25.3 Å². The van der Waals surface area contributed by atoms with Crippen LogP contribution in [0.25, 0.3) is 5.69 Å². The van der Waals surface area contributed by atoms with E-state index < -0.39 is 5.97 Å². The summed E-state index contributed by atoms with van der Waals surface area (Å²) in [5.74, 6) is -1.01. The highest BCUT2D eigenvalue weighted by Crippen LogP contribution is 2.19. The molecule has 1 aromatic heterocycles. The summed E-state index contributed by atoms with van der Waals surface area (Å²) in [4.78, 5) is 28.1. The first kappa shape index (κ1) is 25.2. The molecule has 0 aliphatic carbocycles. The van der Waals surface area contributed by atoms with Gasteiger partial charge in [0, 0.05) is 17.6 Å². The lowest BCUT2D eigenvalue weighted by Crippen LogP contribution is -2.17. The van der Waals surface area contributed by atoms with Crippen molar-refractivity contribution in [1.29, 1.82) is 0 Å². The number of nitrogens with two attached hydrogens (primary N) is 1. The lowest BCUT2D eigenvalue weighted by molar-refractivity contribution is 0.0697. The fourth-order valence-electron chi connectivity index (χ4n) is 3.57. The minimum Gasteiger partial charge on any atom is -0.478 e. The van der Waals surface area contributed by atoms with Crippen molar-refractivity contribution in [1.82, 2.24) is 9.78 Å². The van der Waals surface area contributed by atoms with E-state index in [4.69, 9.17) is 10.8 Å². The molecule has 0 fully saturated rings. The highest BCUT2D eigenvalue weighted by atomic mass is 16.4. The molecule has 4 rings (SSSR count). The van der Waals surface area contributed by atoms with E-state index in [1.165, 1.54) is 22.4 Å². The Morgan fingerprint density at radius 1 is 0.971 bits per heavy atom. The lowest BCUT2D eigenvalue weighted by Gasteiger charge is -2.02. The Labute approximate surface area is 204 Å². The molecule has 1 heterocycles. The van der Waals surface area contributed by atoms with Gasteiger partial charge in [-0.15, -0.1) is 0 Å². The molecule has 0 unspecified atom stereocenters. The third kappa shape index (κ3) is 6.14. The van der Waals surface area contributed by atoms with Gasteiger partial charge in [0.25, 0.3) is 5.56 Å². The van der Waals surface area contributed by atoms with E-state index in [0.717, 1.165) is 29.8 Å². The van der Waals surface area contributed by atoms with Crippen LogP contribution >= 0.6 is 0 Å².